The Morgan fingerprint density at radius 1 is 0.778 bits per heavy atom. The fourth-order valence-electron chi connectivity index (χ4n) is 3.76. The third-order valence-corrected chi connectivity index (χ3v) is 5.81. The molecule has 0 bridgehead atoms. The van der Waals surface area contributed by atoms with Crippen LogP contribution in [0.3, 0.4) is 0 Å². The third-order valence-electron chi connectivity index (χ3n) is 5.81. The molecule has 0 fully saturated rings. The second kappa shape index (κ2) is 18.6. The highest BCUT2D eigenvalue weighted by molar-refractivity contribution is 5.91. The van der Waals surface area contributed by atoms with E-state index in [-0.39, 0.29) is 5.91 Å². The van der Waals surface area contributed by atoms with Crippen LogP contribution in [0.5, 0.6) is 0 Å². The number of nitrogens with one attached hydrogen (secondary N) is 1. The molecule has 0 aliphatic carbocycles. The second-order valence-electron chi connectivity index (χ2n) is 8.86. The van der Waals surface area contributed by atoms with Crippen LogP contribution >= 0.6 is 0 Å². The van der Waals surface area contributed by atoms with Gasteiger partial charge in [-0.25, -0.2) is 0 Å². The average Bonchev–Trinajstić information content (AvgIpc) is 2.63. The number of hydrogen-bond acceptors (Lipinski definition) is 1. The Bertz CT molecular complexity index is 361. The number of amides is 1. The fourth-order valence-corrected chi connectivity index (χ4v) is 3.76. The van der Waals surface area contributed by atoms with Crippen LogP contribution in [-0.4, -0.2) is 12.5 Å². The van der Waals surface area contributed by atoms with Crippen LogP contribution in [0.1, 0.15) is 124 Å². The molecule has 0 aliphatic rings. The number of unbranched alkanes of at least 4 members (excludes halogenated alkanes) is 12. The van der Waals surface area contributed by atoms with Gasteiger partial charge in [-0.3, -0.25) is 4.79 Å². The Balaban J connectivity index is 3.51. The molecular weight excluding hydrogens is 330 g/mol. The van der Waals surface area contributed by atoms with Crippen LogP contribution in [0.2, 0.25) is 0 Å². The van der Waals surface area contributed by atoms with Gasteiger partial charge in [0.15, 0.2) is 0 Å². The molecule has 27 heavy (non-hydrogen) atoms. The summed E-state index contributed by atoms with van der Waals surface area (Å²) >= 11 is 0. The summed E-state index contributed by atoms with van der Waals surface area (Å²) in [5.41, 5.74) is 0.604. The lowest BCUT2D eigenvalue weighted by Gasteiger charge is -2.21. The van der Waals surface area contributed by atoms with E-state index in [0.717, 1.165) is 18.9 Å². The zero-order valence-electron chi connectivity index (χ0n) is 19.1. The van der Waals surface area contributed by atoms with Crippen LogP contribution in [0, 0.1) is 11.8 Å². The Hall–Kier alpha value is -0.790. The molecule has 0 aromatic carbocycles. The van der Waals surface area contributed by atoms with E-state index >= 15 is 0 Å². The highest BCUT2D eigenvalue weighted by Crippen LogP contribution is 2.22. The Morgan fingerprint density at radius 2 is 1.22 bits per heavy atom. The van der Waals surface area contributed by atoms with E-state index in [1.807, 2.05) is 0 Å². The molecule has 1 N–H and O–H groups in total. The minimum Gasteiger partial charge on any atom is -0.352 e. The van der Waals surface area contributed by atoms with E-state index in [1.54, 1.807) is 6.92 Å². The van der Waals surface area contributed by atoms with E-state index < -0.39 is 0 Å². The first-order valence-electron chi connectivity index (χ1n) is 11.9. The van der Waals surface area contributed by atoms with E-state index in [2.05, 4.69) is 32.7 Å². The van der Waals surface area contributed by atoms with Gasteiger partial charge in [0.2, 0.25) is 5.91 Å². The number of rotatable bonds is 19. The Morgan fingerprint density at radius 3 is 1.63 bits per heavy atom. The van der Waals surface area contributed by atoms with Gasteiger partial charge in [-0.2, -0.15) is 0 Å². The lowest BCUT2D eigenvalue weighted by molar-refractivity contribution is -0.117. The Labute approximate surface area is 171 Å². The summed E-state index contributed by atoms with van der Waals surface area (Å²) in [7, 11) is 0. The summed E-state index contributed by atoms with van der Waals surface area (Å²) in [6.45, 7) is 13.2. The predicted octanol–water partition coefficient (Wildman–Crippen LogP) is 7.82. The van der Waals surface area contributed by atoms with Gasteiger partial charge in [-0.15, -0.1) is 0 Å². The molecule has 160 valence electrons. The van der Waals surface area contributed by atoms with E-state index in [9.17, 15) is 4.79 Å². The lowest BCUT2D eigenvalue weighted by atomic mass is 9.87. The van der Waals surface area contributed by atoms with Crippen molar-refractivity contribution in [2.45, 2.75) is 124 Å². The molecule has 0 aromatic rings. The summed E-state index contributed by atoms with van der Waals surface area (Å²) < 4.78 is 0. The molecule has 1 atom stereocenters. The molecule has 1 amide bonds. The molecule has 0 radical (unpaired) electrons. The molecule has 0 aliphatic heterocycles. The van der Waals surface area contributed by atoms with Crippen molar-refractivity contribution in [3.8, 4) is 0 Å². The molecule has 0 aromatic heterocycles. The van der Waals surface area contributed by atoms with Gasteiger partial charge in [-0.1, -0.05) is 117 Å². The zero-order valence-corrected chi connectivity index (χ0v) is 19.1. The molecule has 0 saturated heterocycles. The SMILES string of the molecule is C=C(C)C(=O)NCCC(CCCCCCCCCCCCCCC)C(C)C. The summed E-state index contributed by atoms with van der Waals surface area (Å²) in [5, 5.41) is 2.98. The maximum atomic E-state index is 11.6. The average molecular weight is 380 g/mol. The summed E-state index contributed by atoms with van der Waals surface area (Å²) in [4.78, 5) is 11.6. The van der Waals surface area contributed by atoms with Crippen molar-refractivity contribution in [3.05, 3.63) is 12.2 Å². The van der Waals surface area contributed by atoms with Gasteiger partial charge in [0.05, 0.1) is 0 Å². The van der Waals surface area contributed by atoms with Crippen LogP contribution in [0.4, 0.5) is 0 Å². The van der Waals surface area contributed by atoms with Crippen molar-refractivity contribution in [1.29, 1.82) is 0 Å². The second-order valence-corrected chi connectivity index (χ2v) is 8.86. The standard InChI is InChI=1S/C25H49NO/c1-6-7-8-9-10-11-12-13-14-15-16-17-18-19-24(22(2)3)20-21-26-25(27)23(4)5/h22,24H,4,6-21H2,1-3,5H3,(H,26,27). The monoisotopic (exact) mass is 379 g/mol. The topological polar surface area (TPSA) is 29.1 Å². The van der Waals surface area contributed by atoms with Crippen LogP contribution < -0.4 is 5.32 Å². The highest BCUT2D eigenvalue weighted by Gasteiger charge is 2.13. The van der Waals surface area contributed by atoms with Gasteiger partial charge >= 0.3 is 0 Å². The van der Waals surface area contributed by atoms with Crippen molar-refractivity contribution >= 4 is 5.91 Å². The van der Waals surface area contributed by atoms with Crippen molar-refractivity contribution in [1.82, 2.24) is 5.32 Å². The van der Waals surface area contributed by atoms with Gasteiger partial charge in [0.1, 0.15) is 0 Å². The molecule has 2 nitrogen and oxygen atoms in total. The van der Waals surface area contributed by atoms with Crippen molar-refractivity contribution in [2.24, 2.45) is 11.8 Å². The summed E-state index contributed by atoms with van der Waals surface area (Å²) in [6, 6.07) is 0. The lowest BCUT2D eigenvalue weighted by Crippen LogP contribution is -2.27. The van der Waals surface area contributed by atoms with Crippen LogP contribution in [0.15, 0.2) is 12.2 Å². The van der Waals surface area contributed by atoms with Crippen LogP contribution in [0.25, 0.3) is 0 Å². The van der Waals surface area contributed by atoms with E-state index in [4.69, 9.17) is 0 Å². The summed E-state index contributed by atoms with van der Waals surface area (Å²) in [5.74, 6) is 1.42. The quantitative estimate of drug-likeness (QED) is 0.180. The van der Waals surface area contributed by atoms with Gasteiger partial charge in [0, 0.05) is 12.1 Å². The van der Waals surface area contributed by atoms with Gasteiger partial charge in [-0.05, 0) is 25.2 Å². The van der Waals surface area contributed by atoms with E-state index in [1.165, 1.54) is 89.9 Å². The zero-order chi connectivity index (χ0) is 20.3. The van der Waals surface area contributed by atoms with Crippen LogP contribution in [-0.2, 0) is 4.79 Å². The molecule has 1 unspecified atom stereocenters. The normalized spacial score (nSPS) is 12.3. The summed E-state index contributed by atoms with van der Waals surface area (Å²) in [6.07, 6.45) is 20.8. The highest BCUT2D eigenvalue weighted by atomic mass is 16.1. The molecule has 0 spiro atoms. The largest absolute Gasteiger partial charge is 0.352 e. The molecule has 0 rings (SSSR count). The molecule has 2 heteroatoms. The first kappa shape index (κ1) is 26.2. The first-order chi connectivity index (χ1) is 13.0. The minimum absolute atomic E-state index is 0.00142. The van der Waals surface area contributed by atoms with Gasteiger partial charge in [0.25, 0.3) is 0 Å². The smallest absolute Gasteiger partial charge is 0.246 e. The first-order valence-corrected chi connectivity index (χ1v) is 11.9. The number of carbonyl (C=O) groups excluding carboxylic acids is 1. The maximum Gasteiger partial charge on any atom is 0.246 e. The minimum atomic E-state index is -0.00142. The van der Waals surface area contributed by atoms with E-state index in [0.29, 0.717) is 11.5 Å². The molecule has 0 saturated carbocycles. The van der Waals surface area contributed by atoms with Crippen molar-refractivity contribution < 1.29 is 4.79 Å². The third kappa shape index (κ3) is 17.1. The predicted molar refractivity (Wildman–Crippen MR) is 121 cm³/mol. The number of hydrogen-bond donors (Lipinski definition) is 1. The maximum absolute atomic E-state index is 11.6. The van der Waals surface area contributed by atoms with Crippen molar-refractivity contribution in [2.75, 3.05) is 6.54 Å². The Kier molecular flexibility index (Phi) is 18.0. The van der Waals surface area contributed by atoms with Gasteiger partial charge < -0.3 is 5.32 Å². The fraction of sp³-hybridized carbons (Fsp3) is 0.880. The van der Waals surface area contributed by atoms with Crippen molar-refractivity contribution in [3.63, 3.8) is 0 Å². The molecular formula is C25H49NO. The molecule has 0 heterocycles. The number of carbonyl (C=O) groups is 1.